The summed E-state index contributed by atoms with van der Waals surface area (Å²) in [5.41, 5.74) is 4.14. The average molecular weight is 426 g/mol. The van der Waals surface area contributed by atoms with Gasteiger partial charge in [-0.3, -0.25) is 14.3 Å². The molecule has 2 heterocycles. The number of amides is 2. The average Bonchev–Trinajstić information content (AvgIpc) is 3.42. The van der Waals surface area contributed by atoms with Gasteiger partial charge in [0.15, 0.2) is 0 Å². The number of carbonyl (C=O) groups excluding carboxylic acids is 2. The van der Waals surface area contributed by atoms with Crippen LogP contribution in [0.25, 0.3) is 16.7 Å². The summed E-state index contributed by atoms with van der Waals surface area (Å²) in [6.07, 6.45) is 0.335. The van der Waals surface area contributed by atoms with Crippen LogP contribution in [0.1, 0.15) is 12.2 Å². The zero-order chi connectivity index (χ0) is 21.9. The van der Waals surface area contributed by atoms with Gasteiger partial charge in [-0.2, -0.15) is 0 Å². The topological polar surface area (TPSA) is 76.5 Å². The Kier molecular flexibility index (Phi) is 5.29. The Bertz CT molecular complexity index is 1280. The number of nitrogens with one attached hydrogen (secondary N) is 1. The molecule has 0 atom stereocenters. The Labute approximate surface area is 185 Å². The van der Waals surface area contributed by atoms with E-state index in [1.807, 2.05) is 66.7 Å². The number of hydrogen-bond donors (Lipinski definition) is 1. The largest absolute Gasteiger partial charge is 0.447 e. The van der Waals surface area contributed by atoms with E-state index in [-0.39, 0.29) is 12.3 Å². The van der Waals surface area contributed by atoms with Crippen molar-refractivity contribution in [3.05, 3.63) is 84.7 Å². The van der Waals surface area contributed by atoms with Gasteiger partial charge in [0.2, 0.25) is 5.91 Å². The molecule has 1 saturated heterocycles. The van der Waals surface area contributed by atoms with Crippen LogP contribution in [0.2, 0.25) is 0 Å². The number of cyclic esters (lactones) is 1. The van der Waals surface area contributed by atoms with Gasteiger partial charge in [0.25, 0.3) is 0 Å². The molecule has 7 nitrogen and oxygen atoms in total. The van der Waals surface area contributed by atoms with Gasteiger partial charge < -0.3 is 10.1 Å². The summed E-state index contributed by atoms with van der Waals surface area (Å²) in [6, 6.07) is 25.2. The van der Waals surface area contributed by atoms with E-state index in [1.165, 1.54) is 4.90 Å². The van der Waals surface area contributed by atoms with Gasteiger partial charge in [-0.1, -0.05) is 42.5 Å². The third-order valence-corrected chi connectivity index (χ3v) is 5.45. The maximum absolute atomic E-state index is 12.8. The SMILES string of the molecule is O=C(CCc1nc2ccccc2n1-c1ccccc1)Nc1ccccc1N1CCOC1=O. The monoisotopic (exact) mass is 426 g/mol. The number of ether oxygens (including phenoxy) is 1. The lowest BCUT2D eigenvalue weighted by Gasteiger charge is -2.17. The smallest absolute Gasteiger partial charge is 0.414 e. The number of rotatable bonds is 6. The summed E-state index contributed by atoms with van der Waals surface area (Å²) < 4.78 is 7.13. The molecule has 1 fully saturated rings. The molecule has 7 heteroatoms. The van der Waals surface area contributed by atoms with E-state index in [4.69, 9.17) is 9.72 Å². The minimum absolute atomic E-state index is 0.142. The molecule has 4 aromatic rings. The molecule has 0 radical (unpaired) electrons. The molecule has 1 aliphatic heterocycles. The summed E-state index contributed by atoms with van der Waals surface area (Å²) in [6.45, 7) is 0.809. The van der Waals surface area contributed by atoms with Crippen molar-refractivity contribution in [1.82, 2.24) is 9.55 Å². The number of imidazole rings is 1. The van der Waals surface area contributed by atoms with Crippen molar-refractivity contribution in [3.63, 3.8) is 0 Å². The Morgan fingerprint density at radius 1 is 0.969 bits per heavy atom. The number of aryl methyl sites for hydroxylation is 1. The molecule has 32 heavy (non-hydrogen) atoms. The van der Waals surface area contributed by atoms with Crippen LogP contribution in [0.4, 0.5) is 16.2 Å². The first-order chi connectivity index (χ1) is 15.7. The fraction of sp³-hybridized carbons (Fsp3) is 0.160. The van der Waals surface area contributed by atoms with Gasteiger partial charge in [-0.15, -0.1) is 0 Å². The molecule has 5 rings (SSSR count). The van der Waals surface area contributed by atoms with E-state index in [1.54, 1.807) is 12.1 Å². The maximum atomic E-state index is 12.8. The van der Waals surface area contributed by atoms with E-state index in [0.717, 1.165) is 22.5 Å². The van der Waals surface area contributed by atoms with Crippen molar-refractivity contribution in [2.75, 3.05) is 23.4 Å². The minimum atomic E-state index is -0.400. The molecule has 1 aromatic heterocycles. The maximum Gasteiger partial charge on any atom is 0.414 e. The number of benzene rings is 3. The number of fused-ring (bicyclic) bond motifs is 1. The fourth-order valence-corrected chi connectivity index (χ4v) is 3.97. The van der Waals surface area contributed by atoms with E-state index in [9.17, 15) is 9.59 Å². The molecule has 2 amide bonds. The highest BCUT2D eigenvalue weighted by Gasteiger charge is 2.26. The summed E-state index contributed by atoms with van der Waals surface area (Å²) >= 11 is 0. The van der Waals surface area contributed by atoms with Crippen LogP contribution in [0.3, 0.4) is 0 Å². The van der Waals surface area contributed by atoms with Crippen LogP contribution in [-0.2, 0) is 16.0 Å². The predicted molar refractivity (Wildman–Crippen MR) is 123 cm³/mol. The van der Waals surface area contributed by atoms with E-state index in [0.29, 0.717) is 30.9 Å². The molecular weight excluding hydrogens is 404 g/mol. The standard InChI is InChI=1S/C25H22N4O3/c30-24(27-19-10-4-6-12-21(19)28-16-17-32-25(28)31)15-14-23-26-20-11-5-7-13-22(20)29(23)18-8-2-1-3-9-18/h1-13H,14-17H2,(H,27,30). The number of aromatic nitrogens is 2. The zero-order valence-corrected chi connectivity index (χ0v) is 17.4. The van der Waals surface area contributed by atoms with Crippen molar-refractivity contribution >= 4 is 34.4 Å². The zero-order valence-electron chi connectivity index (χ0n) is 17.4. The van der Waals surface area contributed by atoms with Gasteiger partial charge >= 0.3 is 6.09 Å². The lowest BCUT2D eigenvalue weighted by atomic mass is 10.2. The van der Waals surface area contributed by atoms with Gasteiger partial charge in [0.1, 0.15) is 12.4 Å². The van der Waals surface area contributed by atoms with Crippen molar-refractivity contribution in [2.45, 2.75) is 12.8 Å². The van der Waals surface area contributed by atoms with Gasteiger partial charge in [0.05, 0.1) is 29.0 Å². The van der Waals surface area contributed by atoms with Crippen LogP contribution in [-0.4, -0.2) is 34.7 Å². The molecule has 0 bridgehead atoms. The summed E-state index contributed by atoms with van der Waals surface area (Å²) in [7, 11) is 0. The lowest BCUT2D eigenvalue weighted by molar-refractivity contribution is -0.116. The fourth-order valence-electron chi connectivity index (χ4n) is 3.97. The normalized spacial score (nSPS) is 13.4. The third kappa shape index (κ3) is 3.80. The summed E-state index contributed by atoms with van der Waals surface area (Å²) in [5, 5.41) is 2.95. The Morgan fingerprint density at radius 2 is 1.72 bits per heavy atom. The van der Waals surface area contributed by atoms with Crippen molar-refractivity contribution in [2.24, 2.45) is 0 Å². The Morgan fingerprint density at radius 3 is 2.53 bits per heavy atom. The number of para-hydroxylation sites is 5. The quantitative estimate of drug-likeness (QED) is 0.491. The summed E-state index contributed by atoms with van der Waals surface area (Å²) in [5.74, 6) is 0.681. The molecule has 0 aliphatic carbocycles. The number of anilines is 2. The Balaban J connectivity index is 1.36. The first-order valence-electron chi connectivity index (χ1n) is 10.6. The molecule has 1 aliphatic rings. The van der Waals surface area contributed by atoms with Crippen molar-refractivity contribution in [1.29, 1.82) is 0 Å². The molecule has 0 saturated carbocycles. The highest BCUT2D eigenvalue weighted by atomic mass is 16.6. The summed E-state index contributed by atoms with van der Waals surface area (Å²) in [4.78, 5) is 31.1. The van der Waals surface area contributed by atoms with E-state index < -0.39 is 6.09 Å². The van der Waals surface area contributed by atoms with Crippen molar-refractivity contribution < 1.29 is 14.3 Å². The molecule has 1 N–H and O–H groups in total. The molecule has 0 spiro atoms. The number of nitrogens with zero attached hydrogens (tertiary/aromatic N) is 3. The van der Waals surface area contributed by atoms with E-state index >= 15 is 0 Å². The number of carbonyl (C=O) groups is 2. The highest BCUT2D eigenvalue weighted by Crippen LogP contribution is 2.28. The first-order valence-corrected chi connectivity index (χ1v) is 10.6. The van der Waals surface area contributed by atoms with Crippen LogP contribution in [0.15, 0.2) is 78.9 Å². The predicted octanol–water partition coefficient (Wildman–Crippen LogP) is 4.55. The molecule has 3 aromatic carbocycles. The van der Waals surface area contributed by atoms with Crippen LogP contribution in [0, 0.1) is 0 Å². The Hall–Kier alpha value is -4.13. The van der Waals surface area contributed by atoms with Gasteiger partial charge in [-0.25, -0.2) is 9.78 Å². The van der Waals surface area contributed by atoms with Crippen LogP contribution < -0.4 is 10.2 Å². The second-order valence-electron chi connectivity index (χ2n) is 7.52. The molecular formula is C25H22N4O3. The van der Waals surface area contributed by atoms with Crippen LogP contribution in [0.5, 0.6) is 0 Å². The highest BCUT2D eigenvalue weighted by molar-refractivity contribution is 5.99. The van der Waals surface area contributed by atoms with E-state index in [2.05, 4.69) is 9.88 Å². The third-order valence-electron chi connectivity index (χ3n) is 5.45. The van der Waals surface area contributed by atoms with Gasteiger partial charge in [0, 0.05) is 18.5 Å². The van der Waals surface area contributed by atoms with Gasteiger partial charge in [-0.05, 0) is 36.4 Å². The molecule has 0 unspecified atom stereocenters. The minimum Gasteiger partial charge on any atom is -0.447 e. The first kappa shape index (κ1) is 19.8. The second-order valence-corrected chi connectivity index (χ2v) is 7.52. The van der Waals surface area contributed by atoms with Crippen LogP contribution >= 0.6 is 0 Å². The van der Waals surface area contributed by atoms with Crippen molar-refractivity contribution in [3.8, 4) is 5.69 Å². The molecule has 160 valence electrons. The second kappa shape index (κ2) is 8.55. The number of hydrogen-bond acceptors (Lipinski definition) is 4. The lowest BCUT2D eigenvalue weighted by Crippen LogP contribution is -2.25.